The Bertz CT molecular complexity index is 785. The van der Waals surface area contributed by atoms with Crippen molar-refractivity contribution < 1.29 is 9.50 Å². The first-order valence-corrected chi connectivity index (χ1v) is 7.40. The summed E-state index contributed by atoms with van der Waals surface area (Å²) >= 11 is 3.39. The van der Waals surface area contributed by atoms with Crippen LogP contribution in [0.3, 0.4) is 0 Å². The van der Waals surface area contributed by atoms with Crippen molar-refractivity contribution in [2.24, 2.45) is 0 Å². The maximum Gasteiger partial charge on any atom is 0.123 e. The summed E-state index contributed by atoms with van der Waals surface area (Å²) in [5.41, 5.74) is 2.38. The molecule has 0 radical (unpaired) electrons. The van der Waals surface area contributed by atoms with Crippen LogP contribution in [0.2, 0.25) is 0 Å². The van der Waals surface area contributed by atoms with Crippen molar-refractivity contribution in [3.63, 3.8) is 0 Å². The number of aromatic nitrogens is 1. The zero-order chi connectivity index (χ0) is 14.8. The van der Waals surface area contributed by atoms with Crippen molar-refractivity contribution in [1.82, 2.24) is 4.98 Å². The molecule has 1 atom stereocenters. The summed E-state index contributed by atoms with van der Waals surface area (Å²) < 4.78 is 14.1. The Morgan fingerprint density at radius 1 is 1.14 bits per heavy atom. The highest BCUT2D eigenvalue weighted by molar-refractivity contribution is 9.10. The molecule has 0 bridgehead atoms. The Balaban J connectivity index is 1.97. The molecule has 0 saturated carbocycles. The lowest BCUT2D eigenvalue weighted by Gasteiger charge is -2.14. The Morgan fingerprint density at radius 2 is 2.00 bits per heavy atom. The van der Waals surface area contributed by atoms with Crippen molar-refractivity contribution >= 4 is 26.8 Å². The quantitative estimate of drug-likeness (QED) is 0.762. The first-order chi connectivity index (χ1) is 10.1. The molecule has 0 aliphatic rings. The molecule has 0 saturated heterocycles. The summed E-state index contributed by atoms with van der Waals surface area (Å²) in [6.07, 6.45) is 1.35. The molecule has 1 unspecified atom stereocenters. The lowest BCUT2D eigenvalue weighted by molar-refractivity contribution is 0.179. The van der Waals surface area contributed by atoms with Crippen molar-refractivity contribution in [3.05, 3.63) is 76.1 Å². The van der Waals surface area contributed by atoms with Gasteiger partial charge >= 0.3 is 0 Å². The molecular formula is C17H13BrFNO. The third-order valence-electron chi connectivity index (χ3n) is 3.46. The Morgan fingerprint density at radius 3 is 2.86 bits per heavy atom. The Hall–Kier alpha value is -1.78. The number of benzene rings is 2. The minimum atomic E-state index is -0.712. The second-order valence-corrected chi connectivity index (χ2v) is 5.73. The molecule has 1 aromatic heterocycles. The minimum absolute atomic E-state index is 0.306. The summed E-state index contributed by atoms with van der Waals surface area (Å²) in [6, 6.07) is 13.9. The lowest BCUT2D eigenvalue weighted by Crippen LogP contribution is -2.04. The molecule has 21 heavy (non-hydrogen) atoms. The molecule has 0 fully saturated rings. The van der Waals surface area contributed by atoms with Crippen LogP contribution in [0.5, 0.6) is 0 Å². The van der Waals surface area contributed by atoms with Gasteiger partial charge in [-0.05, 0) is 41.5 Å². The number of rotatable bonds is 3. The second-order valence-electron chi connectivity index (χ2n) is 4.87. The van der Waals surface area contributed by atoms with Crippen LogP contribution in [0.15, 0.2) is 59.2 Å². The maximum absolute atomic E-state index is 13.3. The molecule has 1 N–H and O–H groups in total. The van der Waals surface area contributed by atoms with E-state index in [1.165, 1.54) is 12.1 Å². The van der Waals surface area contributed by atoms with Crippen LogP contribution in [-0.2, 0) is 6.42 Å². The van der Waals surface area contributed by atoms with Gasteiger partial charge in [0.05, 0.1) is 11.6 Å². The predicted molar refractivity (Wildman–Crippen MR) is 84.5 cm³/mol. The molecule has 1 heterocycles. The Labute approximate surface area is 130 Å². The molecule has 0 aliphatic carbocycles. The van der Waals surface area contributed by atoms with E-state index in [9.17, 15) is 9.50 Å². The van der Waals surface area contributed by atoms with Crippen molar-refractivity contribution in [3.8, 4) is 0 Å². The summed E-state index contributed by atoms with van der Waals surface area (Å²) in [4.78, 5) is 4.28. The van der Waals surface area contributed by atoms with E-state index < -0.39 is 6.10 Å². The molecule has 106 valence electrons. The number of hydrogen-bond donors (Lipinski definition) is 1. The largest absolute Gasteiger partial charge is 0.388 e. The highest BCUT2D eigenvalue weighted by Crippen LogP contribution is 2.28. The van der Waals surface area contributed by atoms with Crippen LogP contribution < -0.4 is 0 Å². The van der Waals surface area contributed by atoms with Crippen LogP contribution >= 0.6 is 15.9 Å². The molecule has 0 spiro atoms. The van der Waals surface area contributed by atoms with E-state index in [1.807, 2.05) is 30.3 Å². The van der Waals surface area contributed by atoms with Gasteiger partial charge < -0.3 is 5.11 Å². The zero-order valence-corrected chi connectivity index (χ0v) is 12.7. The Kier molecular flexibility index (Phi) is 3.99. The summed E-state index contributed by atoms with van der Waals surface area (Å²) in [7, 11) is 0. The number of aliphatic hydroxyl groups excluding tert-OH is 1. The number of halogens is 2. The van der Waals surface area contributed by atoms with Crippen molar-refractivity contribution in [2.75, 3.05) is 0 Å². The van der Waals surface area contributed by atoms with Gasteiger partial charge in [-0.2, -0.15) is 0 Å². The van der Waals surface area contributed by atoms with Gasteiger partial charge in [0.2, 0.25) is 0 Å². The van der Waals surface area contributed by atoms with Gasteiger partial charge in [0.15, 0.2) is 0 Å². The van der Waals surface area contributed by atoms with Gasteiger partial charge in [-0.1, -0.05) is 34.1 Å². The fourth-order valence-corrected chi connectivity index (χ4v) is 2.84. The number of pyridine rings is 1. The van der Waals surface area contributed by atoms with E-state index in [-0.39, 0.29) is 5.82 Å². The lowest BCUT2D eigenvalue weighted by atomic mass is 9.98. The van der Waals surface area contributed by atoms with Gasteiger partial charge in [0.25, 0.3) is 0 Å². The SMILES string of the molecule is OC(Cc1cc(F)ccc1Br)c1cccc2ncccc12. The van der Waals surface area contributed by atoms with E-state index in [0.29, 0.717) is 6.42 Å². The first-order valence-electron chi connectivity index (χ1n) is 6.61. The van der Waals surface area contributed by atoms with E-state index in [2.05, 4.69) is 20.9 Å². The van der Waals surface area contributed by atoms with E-state index >= 15 is 0 Å². The first kappa shape index (κ1) is 14.2. The fourth-order valence-electron chi connectivity index (χ4n) is 2.44. The van der Waals surface area contributed by atoms with Gasteiger partial charge in [-0.15, -0.1) is 0 Å². The molecule has 3 rings (SSSR count). The third kappa shape index (κ3) is 2.96. The van der Waals surface area contributed by atoms with E-state index in [1.54, 1.807) is 12.3 Å². The van der Waals surface area contributed by atoms with Gasteiger partial charge in [0, 0.05) is 22.5 Å². The normalized spacial score (nSPS) is 12.5. The topological polar surface area (TPSA) is 33.1 Å². The standard InChI is InChI=1S/C17H13BrFNO/c18-15-7-6-12(19)9-11(15)10-17(21)14-3-1-5-16-13(14)4-2-8-20-16/h1-9,17,21H,10H2. The molecular weight excluding hydrogens is 333 g/mol. The van der Waals surface area contributed by atoms with Crippen LogP contribution in [0.25, 0.3) is 10.9 Å². The van der Waals surface area contributed by atoms with Gasteiger partial charge in [-0.25, -0.2) is 4.39 Å². The summed E-state index contributed by atoms with van der Waals surface area (Å²) in [6.45, 7) is 0. The fraction of sp³-hybridized carbons (Fsp3) is 0.118. The molecule has 4 heteroatoms. The van der Waals surface area contributed by atoms with Gasteiger partial charge in [-0.3, -0.25) is 4.98 Å². The number of aliphatic hydroxyl groups is 1. The third-order valence-corrected chi connectivity index (χ3v) is 4.23. The molecule has 0 amide bonds. The summed E-state index contributed by atoms with van der Waals surface area (Å²) in [5.74, 6) is -0.306. The van der Waals surface area contributed by atoms with Crippen LogP contribution in [0.4, 0.5) is 4.39 Å². The predicted octanol–water partition coefficient (Wildman–Crippen LogP) is 4.41. The van der Waals surface area contributed by atoms with Crippen molar-refractivity contribution in [2.45, 2.75) is 12.5 Å². The monoisotopic (exact) mass is 345 g/mol. The highest BCUT2D eigenvalue weighted by Gasteiger charge is 2.14. The van der Waals surface area contributed by atoms with Gasteiger partial charge in [0.1, 0.15) is 5.82 Å². The van der Waals surface area contributed by atoms with Crippen molar-refractivity contribution in [1.29, 1.82) is 0 Å². The second kappa shape index (κ2) is 5.92. The zero-order valence-electron chi connectivity index (χ0n) is 11.1. The molecule has 0 aliphatic heterocycles. The summed E-state index contributed by atoms with van der Waals surface area (Å²) in [5, 5.41) is 11.4. The van der Waals surface area contributed by atoms with Crippen LogP contribution in [0.1, 0.15) is 17.2 Å². The molecule has 2 nitrogen and oxygen atoms in total. The van der Waals surface area contributed by atoms with E-state index in [0.717, 1.165) is 26.5 Å². The van der Waals surface area contributed by atoms with Crippen LogP contribution in [-0.4, -0.2) is 10.1 Å². The molecule has 2 aromatic carbocycles. The minimum Gasteiger partial charge on any atom is -0.388 e. The maximum atomic E-state index is 13.3. The smallest absolute Gasteiger partial charge is 0.123 e. The van der Waals surface area contributed by atoms with Crippen LogP contribution in [0, 0.1) is 5.82 Å². The number of nitrogens with zero attached hydrogens (tertiary/aromatic N) is 1. The molecule has 3 aromatic rings. The average Bonchev–Trinajstić information content (AvgIpc) is 2.50. The average molecular weight is 346 g/mol. The number of fused-ring (bicyclic) bond motifs is 1. The van der Waals surface area contributed by atoms with E-state index in [4.69, 9.17) is 0 Å². The number of hydrogen-bond acceptors (Lipinski definition) is 2. The highest BCUT2D eigenvalue weighted by atomic mass is 79.9.